The van der Waals surface area contributed by atoms with Crippen LogP contribution in [-0.4, -0.2) is 20.4 Å². The van der Waals surface area contributed by atoms with Crippen LogP contribution in [-0.2, 0) is 0 Å². The first kappa shape index (κ1) is 17.3. The average molecular weight is 330 g/mol. The van der Waals surface area contributed by atoms with Crippen LogP contribution in [0.2, 0.25) is 0 Å². The first-order valence-electron chi connectivity index (χ1n) is 7.58. The van der Waals surface area contributed by atoms with Gasteiger partial charge in [-0.05, 0) is 38.8 Å². The van der Waals surface area contributed by atoms with Crippen molar-refractivity contribution in [1.82, 2.24) is 9.36 Å². The number of rotatable bonds is 4. The molecule has 1 aromatic carbocycles. The quantitative estimate of drug-likeness (QED) is 0.780. The third-order valence-corrected chi connectivity index (χ3v) is 4.54. The summed E-state index contributed by atoms with van der Waals surface area (Å²) < 4.78 is 3.04. The van der Waals surface area contributed by atoms with E-state index in [1.54, 1.807) is 6.08 Å². The molecule has 0 aliphatic carbocycles. The van der Waals surface area contributed by atoms with Gasteiger partial charge in [-0.1, -0.05) is 42.1 Å². The Morgan fingerprint density at radius 1 is 1.30 bits per heavy atom. The zero-order chi connectivity index (χ0) is 17.1. The first-order valence-corrected chi connectivity index (χ1v) is 8.56. The summed E-state index contributed by atoms with van der Waals surface area (Å²) in [6.45, 7) is 11.3. The SMILES string of the molecule is C=CCSC(=O)n1c(C)c(-c2ccccc2C)c(=O)n1C(C)C. The number of carbonyl (C=O) groups is 1. The fourth-order valence-electron chi connectivity index (χ4n) is 2.67. The smallest absolute Gasteiger partial charge is 0.267 e. The van der Waals surface area contributed by atoms with Gasteiger partial charge in [0.15, 0.2) is 0 Å². The summed E-state index contributed by atoms with van der Waals surface area (Å²) in [6.07, 6.45) is 1.68. The summed E-state index contributed by atoms with van der Waals surface area (Å²) in [6, 6.07) is 7.64. The van der Waals surface area contributed by atoms with E-state index >= 15 is 0 Å². The van der Waals surface area contributed by atoms with Crippen molar-refractivity contribution in [3.63, 3.8) is 0 Å². The molecule has 2 aromatic rings. The molecular weight excluding hydrogens is 308 g/mol. The summed E-state index contributed by atoms with van der Waals surface area (Å²) in [5, 5.41) is -0.159. The molecule has 0 spiro atoms. The lowest BCUT2D eigenvalue weighted by Gasteiger charge is -2.14. The highest BCUT2D eigenvalue weighted by molar-refractivity contribution is 8.13. The van der Waals surface area contributed by atoms with Gasteiger partial charge in [-0.15, -0.1) is 6.58 Å². The molecule has 0 bridgehead atoms. The second-order valence-electron chi connectivity index (χ2n) is 5.70. The van der Waals surface area contributed by atoms with Crippen LogP contribution in [0.4, 0.5) is 4.79 Å². The number of benzene rings is 1. The van der Waals surface area contributed by atoms with Gasteiger partial charge in [0.25, 0.3) is 5.56 Å². The predicted octanol–water partition coefficient (Wildman–Crippen LogP) is 4.40. The van der Waals surface area contributed by atoms with E-state index in [0.717, 1.165) is 22.9 Å². The molecule has 0 N–H and O–H groups in total. The summed E-state index contributed by atoms with van der Waals surface area (Å²) in [7, 11) is 0. The zero-order valence-electron chi connectivity index (χ0n) is 14.0. The number of nitrogens with zero attached hydrogens (tertiary/aromatic N) is 2. The van der Waals surface area contributed by atoms with Gasteiger partial charge in [0.2, 0.25) is 0 Å². The molecule has 0 aliphatic heterocycles. The molecule has 0 saturated carbocycles. The second kappa shape index (κ2) is 7.04. The predicted molar refractivity (Wildman–Crippen MR) is 97.4 cm³/mol. The fraction of sp³-hybridized carbons (Fsp3) is 0.333. The minimum atomic E-state index is -0.159. The highest BCUT2D eigenvalue weighted by Gasteiger charge is 2.24. The lowest BCUT2D eigenvalue weighted by molar-refractivity contribution is 0.253. The molecular formula is C18H22N2O2S. The molecule has 2 rings (SSSR count). The van der Waals surface area contributed by atoms with E-state index in [2.05, 4.69) is 6.58 Å². The monoisotopic (exact) mass is 330 g/mol. The van der Waals surface area contributed by atoms with Crippen LogP contribution in [0.15, 0.2) is 41.7 Å². The normalized spacial score (nSPS) is 11.0. The Morgan fingerprint density at radius 3 is 2.52 bits per heavy atom. The minimum absolute atomic E-state index is 0.104. The van der Waals surface area contributed by atoms with Crippen molar-refractivity contribution in [1.29, 1.82) is 0 Å². The van der Waals surface area contributed by atoms with Gasteiger partial charge in [-0.2, -0.15) is 0 Å². The maximum Gasteiger partial charge on any atom is 0.305 e. The molecule has 5 heteroatoms. The van der Waals surface area contributed by atoms with Crippen LogP contribution >= 0.6 is 11.8 Å². The molecule has 23 heavy (non-hydrogen) atoms. The summed E-state index contributed by atoms with van der Waals surface area (Å²) >= 11 is 1.14. The zero-order valence-corrected chi connectivity index (χ0v) is 14.8. The summed E-state index contributed by atoms with van der Waals surface area (Å²) in [4.78, 5) is 25.5. The second-order valence-corrected chi connectivity index (χ2v) is 6.67. The minimum Gasteiger partial charge on any atom is -0.267 e. The van der Waals surface area contributed by atoms with Gasteiger partial charge in [0.05, 0.1) is 11.3 Å². The molecule has 0 aliphatic rings. The Bertz CT molecular complexity index is 800. The van der Waals surface area contributed by atoms with Crippen LogP contribution in [0.5, 0.6) is 0 Å². The molecule has 0 unspecified atom stereocenters. The standard InChI is InChI=1S/C18H22N2O2S/c1-6-11-23-18(22)20-14(5)16(17(21)19(20)12(2)3)15-10-8-7-9-13(15)4/h6-10,12H,1,11H2,2-5H3. The maximum atomic E-state index is 12.9. The Kier molecular flexibility index (Phi) is 5.31. The fourth-order valence-corrected chi connectivity index (χ4v) is 3.28. The molecule has 0 fully saturated rings. The van der Waals surface area contributed by atoms with Crippen LogP contribution < -0.4 is 5.56 Å². The van der Waals surface area contributed by atoms with E-state index in [4.69, 9.17) is 0 Å². The molecule has 1 heterocycles. The Hall–Kier alpha value is -2.01. The van der Waals surface area contributed by atoms with Crippen LogP contribution in [0.3, 0.4) is 0 Å². The van der Waals surface area contributed by atoms with E-state index in [0.29, 0.717) is 17.0 Å². The molecule has 0 amide bonds. The van der Waals surface area contributed by atoms with Crippen molar-refractivity contribution in [2.24, 2.45) is 0 Å². The van der Waals surface area contributed by atoms with Crippen molar-refractivity contribution in [3.05, 3.63) is 58.5 Å². The van der Waals surface area contributed by atoms with Crippen molar-refractivity contribution in [3.8, 4) is 11.1 Å². The molecule has 0 atom stereocenters. The lowest BCUT2D eigenvalue weighted by Crippen LogP contribution is -2.28. The summed E-state index contributed by atoms with van der Waals surface area (Å²) in [5.74, 6) is 0.516. The van der Waals surface area contributed by atoms with Crippen molar-refractivity contribution >= 4 is 17.0 Å². The van der Waals surface area contributed by atoms with Crippen molar-refractivity contribution in [2.45, 2.75) is 33.7 Å². The number of carbonyl (C=O) groups excluding carboxylic acids is 1. The summed E-state index contributed by atoms with van der Waals surface area (Å²) in [5.41, 5.74) is 3.06. The molecule has 4 nitrogen and oxygen atoms in total. The van der Waals surface area contributed by atoms with Crippen LogP contribution in [0, 0.1) is 13.8 Å². The van der Waals surface area contributed by atoms with E-state index in [1.165, 1.54) is 9.36 Å². The van der Waals surface area contributed by atoms with Crippen molar-refractivity contribution < 1.29 is 4.79 Å². The van der Waals surface area contributed by atoms with E-state index in [1.807, 2.05) is 52.0 Å². The number of thioether (sulfide) groups is 1. The average Bonchev–Trinajstić information content (AvgIpc) is 2.77. The Morgan fingerprint density at radius 2 is 1.96 bits per heavy atom. The number of aromatic nitrogens is 2. The van der Waals surface area contributed by atoms with Gasteiger partial charge in [0.1, 0.15) is 0 Å². The number of aryl methyl sites for hydroxylation is 1. The third-order valence-electron chi connectivity index (χ3n) is 3.72. The van der Waals surface area contributed by atoms with E-state index in [9.17, 15) is 9.59 Å². The number of hydrogen-bond donors (Lipinski definition) is 0. The third kappa shape index (κ3) is 3.20. The first-order chi connectivity index (χ1) is 10.9. The van der Waals surface area contributed by atoms with E-state index < -0.39 is 0 Å². The Balaban J connectivity index is 2.72. The lowest BCUT2D eigenvalue weighted by atomic mass is 10.0. The molecule has 1 aromatic heterocycles. The maximum absolute atomic E-state index is 12.9. The molecule has 0 radical (unpaired) electrons. The van der Waals surface area contributed by atoms with Crippen molar-refractivity contribution in [2.75, 3.05) is 5.75 Å². The highest BCUT2D eigenvalue weighted by Crippen LogP contribution is 2.26. The highest BCUT2D eigenvalue weighted by atomic mass is 32.2. The van der Waals surface area contributed by atoms with Crippen LogP contribution in [0.25, 0.3) is 11.1 Å². The van der Waals surface area contributed by atoms with E-state index in [-0.39, 0.29) is 16.8 Å². The Labute approximate surface area is 140 Å². The van der Waals surface area contributed by atoms with Crippen LogP contribution in [0.1, 0.15) is 31.1 Å². The molecule has 0 saturated heterocycles. The van der Waals surface area contributed by atoms with Gasteiger partial charge in [0, 0.05) is 11.8 Å². The molecule has 122 valence electrons. The van der Waals surface area contributed by atoms with Gasteiger partial charge < -0.3 is 0 Å². The van der Waals surface area contributed by atoms with Gasteiger partial charge in [-0.3, -0.25) is 9.59 Å². The number of hydrogen-bond acceptors (Lipinski definition) is 3. The topological polar surface area (TPSA) is 44.0 Å². The van der Waals surface area contributed by atoms with Gasteiger partial charge in [-0.25, -0.2) is 9.36 Å². The largest absolute Gasteiger partial charge is 0.305 e. The van der Waals surface area contributed by atoms with Gasteiger partial charge >= 0.3 is 5.24 Å².